The average Bonchev–Trinajstić information content (AvgIpc) is 2.24. The van der Waals surface area contributed by atoms with Crippen molar-refractivity contribution in [2.45, 2.75) is 6.42 Å². The van der Waals surface area contributed by atoms with Gasteiger partial charge in [-0.1, -0.05) is 6.07 Å². The minimum absolute atomic E-state index is 0.218. The molecule has 8 heteroatoms. The SMILES string of the molecule is COCCC(=O)Nc1cccc(NS(N)(=O)=O)c1. The summed E-state index contributed by atoms with van der Waals surface area (Å²) in [5, 5.41) is 7.45. The Kier molecular flexibility index (Phi) is 5.08. The number of hydrogen-bond acceptors (Lipinski definition) is 4. The van der Waals surface area contributed by atoms with Crippen LogP contribution in [0.5, 0.6) is 0 Å². The number of carbonyl (C=O) groups is 1. The van der Waals surface area contributed by atoms with Gasteiger partial charge in [0.1, 0.15) is 0 Å². The Balaban J connectivity index is 2.68. The van der Waals surface area contributed by atoms with Crippen molar-refractivity contribution in [3.63, 3.8) is 0 Å². The molecule has 0 aromatic heterocycles. The normalized spacial score (nSPS) is 11.0. The number of rotatable bonds is 6. The lowest BCUT2D eigenvalue weighted by molar-refractivity contribution is -0.117. The quantitative estimate of drug-likeness (QED) is 0.691. The molecule has 18 heavy (non-hydrogen) atoms. The van der Waals surface area contributed by atoms with Crippen molar-refractivity contribution in [1.82, 2.24) is 0 Å². The third-order valence-electron chi connectivity index (χ3n) is 1.94. The zero-order valence-corrected chi connectivity index (χ0v) is 10.7. The lowest BCUT2D eigenvalue weighted by atomic mass is 10.3. The second-order valence-corrected chi connectivity index (χ2v) is 4.81. The van der Waals surface area contributed by atoms with Crippen molar-refractivity contribution >= 4 is 27.5 Å². The number of ether oxygens (including phenoxy) is 1. The number of nitrogens with one attached hydrogen (secondary N) is 2. The second-order valence-electron chi connectivity index (χ2n) is 3.52. The highest BCUT2D eigenvalue weighted by molar-refractivity contribution is 7.90. The highest BCUT2D eigenvalue weighted by Gasteiger charge is 2.05. The Bertz CT molecular complexity index is 516. The van der Waals surface area contributed by atoms with E-state index in [9.17, 15) is 13.2 Å². The third-order valence-corrected chi connectivity index (χ3v) is 2.46. The Hall–Kier alpha value is -1.64. The number of nitrogens with two attached hydrogens (primary N) is 1. The molecule has 0 radical (unpaired) electrons. The monoisotopic (exact) mass is 273 g/mol. The molecule has 1 rings (SSSR count). The van der Waals surface area contributed by atoms with E-state index in [1.165, 1.54) is 19.2 Å². The van der Waals surface area contributed by atoms with Gasteiger partial charge in [-0.2, -0.15) is 8.42 Å². The maximum atomic E-state index is 11.4. The van der Waals surface area contributed by atoms with Gasteiger partial charge in [-0.05, 0) is 18.2 Å². The van der Waals surface area contributed by atoms with Crippen LogP contribution >= 0.6 is 0 Å². The zero-order chi connectivity index (χ0) is 13.6. The first-order valence-corrected chi connectivity index (χ1v) is 6.65. The molecule has 100 valence electrons. The first-order chi connectivity index (χ1) is 8.40. The van der Waals surface area contributed by atoms with Gasteiger partial charge in [-0.15, -0.1) is 0 Å². The minimum Gasteiger partial charge on any atom is -0.384 e. The number of methoxy groups -OCH3 is 1. The first-order valence-electron chi connectivity index (χ1n) is 5.10. The van der Waals surface area contributed by atoms with Crippen LogP contribution in [-0.4, -0.2) is 28.0 Å². The predicted molar refractivity (Wildman–Crippen MR) is 68.3 cm³/mol. The summed E-state index contributed by atoms with van der Waals surface area (Å²) in [6, 6.07) is 6.22. The summed E-state index contributed by atoms with van der Waals surface area (Å²) in [7, 11) is -2.32. The molecule has 0 spiro atoms. The molecule has 0 aliphatic carbocycles. The molecule has 0 heterocycles. The van der Waals surface area contributed by atoms with E-state index in [1.807, 2.05) is 0 Å². The zero-order valence-electron chi connectivity index (χ0n) is 9.84. The molecule has 0 unspecified atom stereocenters. The van der Waals surface area contributed by atoms with Gasteiger partial charge in [0.25, 0.3) is 10.2 Å². The van der Waals surface area contributed by atoms with Crippen LogP contribution in [0.3, 0.4) is 0 Å². The maximum Gasteiger partial charge on any atom is 0.296 e. The maximum absolute atomic E-state index is 11.4. The largest absolute Gasteiger partial charge is 0.384 e. The number of anilines is 2. The van der Waals surface area contributed by atoms with E-state index >= 15 is 0 Å². The Morgan fingerprint density at radius 1 is 1.39 bits per heavy atom. The molecule has 1 aromatic carbocycles. The summed E-state index contributed by atoms with van der Waals surface area (Å²) >= 11 is 0. The van der Waals surface area contributed by atoms with E-state index in [1.54, 1.807) is 12.1 Å². The molecule has 0 atom stereocenters. The summed E-state index contributed by atoms with van der Waals surface area (Å²) in [5.41, 5.74) is 0.756. The van der Waals surface area contributed by atoms with Crippen molar-refractivity contribution < 1.29 is 17.9 Å². The van der Waals surface area contributed by atoms with E-state index in [0.717, 1.165) is 0 Å². The predicted octanol–water partition coefficient (Wildman–Crippen LogP) is 0.277. The van der Waals surface area contributed by atoms with Gasteiger partial charge in [0.15, 0.2) is 0 Å². The molecule has 0 fully saturated rings. The van der Waals surface area contributed by atoms with E-state index in [-0.39, 0.29) is 18.0 Å². The fraction of sp³-hybridized carbons (Fsp3) is 0.300. The topological polar surface area (TPSA) is 111 Å². The van der Waals surface area contributed by atoms with Crippen molar-refractivity contribution in [3.8, 4) is 0 Å². The third kappa shape index (κ3) is 5.62. The fourth-order valence-corrected chi connectivity index (χ4v) is 1.70. The van der Waals surface area contributed by atoms with Crippen LogP contribution < -0.4 is 15.2 Å². The Morgan fingerprint density at radius 2 is 2.06 bits per heavy atom. The summed E-state index contributed by atoms with van der Waals surface area (Å²) in [6.45, 7) is 0.320. The average molecular weight is 273 g/mol. The van der Waals surface area contributed by atoms with Crippen LogP contribution in [0.25, 0.3) is 0 Å². The first kappa shape index (κ1) is 14.4. The second kappa shape index (κ2) is 6.34. The smallest absolute Gasteiger partial charge is 0.296 e. The molecule has 7 nitrogen and oxygen atoms in total. The lowest BCUT2D eigenvalue weighted by Crippen LogP contribution is -2.21. The highest BCUT2D eigenvalue weighted by atomic mass is 32.2. The van der Waals surface area contributed by atoms with Crippen LogP contribution in [-0.2, 0) is 19.7 Å². The van der Waals surface area contributed by atoms with Gasteiger partial charge in [-0.3, -0.25) is 9.52 Å². The Morgan fingerprint density at radius 3 is 2.67 bits per heavy atom. The molecule has 0 bridgehead atoms. The van der Waals surface area contributed by atoms with E-state index in [4.69, 9.17) is 9.88 Å². The summed E-state index contributed by atoms with van der Waals surface area (Å²) < 4.78 is 28.6. The minimum atomic E-state index is -3.82. The van der Waals surface area contributed by atoms with Crippen LogP contribution in [0.2, 0.25) is 0 Å². The summed E-state index contributed by atoms with van der Waals surface area (Å²) in [5.74, 6) is -0.218. The van der Waals surface area contributed by atoms with Crippen molar-refractivity contribution in [3.05, 3.63) is 24.3 Å². The molecular weight excluding hydrogens is 258 g/mol. The standard InChI is InChI=1S/C10H15N3O4S/c1-17-6-5-10(14)12-8-3-2-4-9(7-8)13-18(11,15)16/h2-4,7,13H,5-6H2,1H3,(H,12,14)(H2,11,15,16). The number of benzene rings is 1. The molecule has 1 aromatic rings. The van der Waals surface area contributed by atoms with Gasteiger partial charge in [0.05, 0.1) is 18.7 Å². The van der Waals surface area contributed by atoms with Crippen LogP contribution in [0.4, 0.5) is 11.4 Å². The van der Waals surface area contributed by atoms with Crippen molar-refractivity contribution in [1.29, 1.82) is 0 Å². The molecule has 0 saturated heterocycles. The van der Waals surface area contributed by atoms with Gasteiger partial charge < -0.3 is 10.1 Å². The van der Waals surface area contributed by atoms with E-state index in [0.29, 0.717) is 12.3 Å². The van der Waals surface area contributed by atoms with Gasteiger partial charge in [0.2, 0.25) is 5.91 Å². The van der Waals surface area contributed by atoms with Crippen molar-refractivity contribution in [2.24, 2.45) is 5.14 Å². The molecule has 0 aliphatic rings. The molecule has 1 amide bonds. The summed E-state index contributed by atoms with van der Waals surface area (Å²) in [6.07, 6.45) is 0.226. The number of hydrogen-bond donors (Lipinski definition) is 3. The fourth-order valence-electron chi connectivity index (χ4n) is 1.24. The van der Waals surface area contributed by atoms with Gasteiger partial charge in [-0.25, -0.2) is 5.14 Å². The van der Waals surface area contributed by atoms with E-state index < -0.39 is 10.2 Å². The molecule has 0 saturated carbocycles. The molecule has 0 aliphatic heterocycles. The summed E-state index contributed by atoms with van der Waals surface area (Å²) in [4.78, 5) is 11.4. The van der Waals surface area contributed by atoms with Gasteiger partial charge >= 0.3 is 0 Å². The van der Waals surface area contributed by atoms with Crippen LogP contribution in [0, 0.1) is 0 Å². The van der Waals surface area contributed by atoms with Crippen LogP contribution in [0.1, 0.15) is 6.42 Å². The Labute approximate surface area is 106 Å². The van der Waals surface area contributed by atoms with E-state index in [2.05, 4.69) is 10.0 Å². The number of carbonyl (C=O) groups excluding carboxylic acids is 1. The van der Waals surface area contributed by atoms with Crippen LogP contribution in [0.15, 0.2) is 24.3 Å². The van der Waals surface area contributed by atoms with Crippen molar-refractivity contribution in [2.75, 3.05) is 23.8 Å². The lowest BCUT2D eigenvalue weighted by Gasteiger charge is -2.08. The molecular formula is C10H15N3O4S. The highest BCUT2D eigenvalue weighted by Crippen LogP contribution is 2.15. The van der Waals surface area contributed by atoms with Gasteiger partial charge in [0, 0.05) is 12.8 Å². The number of amides is 1. The molecule has 4 N–H and O–H groups in total.